The number of nitrogens with zero attached hydrogens (tertiary/aromatic N) is 1. The zero-order valence-corrected chi connectivity index (χ0v) is 18.6. The number of ether oxygens (including phenoxy) is 1. The predicted molar refractivity (Wildman–Crippen MR) is 114 cm³/mol. The van der Waals surface area contributed by atoms with Gasteiger partial charge in [-0.05, 0) is 54.8 Å². The number of carbonyl (C=O) groups excluding carboxylic acids is 2. The number of sulfonamides is 1. The van der Waals surface area contributed by atoms with Gasteiger partial charge in [0.25, 0.3) is 0 Å². The van der Waals surface area contributed by atoms with E-state index in [0.717, 1.165) is 19.1 Å². The van der Waals surface area contributed by atoms with Crippen molar-refractivity contribution in [1.82, 2.24) is 4.31 Å². The fraction of sp³-hybridized carbons (Fsp3) is 0.333. The van der Waals surface area contributed by atoms with E-state index in [4.69, 9.17) is 4.74 Å². The highest BCUT2D eigenvalue weighted by Crippen LogP contribution is 2.21. The smallest absolute Gasteiger partial charge is 0.338 e. The molecule has 0 atom stereocenters. The molecule has 2 aromatic carbocycles. The van der Waals surface area contributed by atoms with E-state index >= 15 is 0 Å². The molecule has 0 bridgehead atoms. The molecule has 1 saturated heterocycles. The molecule has 0 unspecified atom stereocenters. The number of Topliss-reactive ketones (excluding diaryl/α,β-unsaturated/α-hetero) is 1. The van der Waals surface area contributed by atoms with Crippen LogP contribution in [0.4, 0.5) is 0 Å². The molecule has 1 aliphatic heterocycles. The summed E-state index contributed by atoms with van der Waals surface area (Å²) in [4.78, 5) is 24.6. The Bertz CT molecular complexity index is 1160. The Labute approximate surface area is 181 Å². The first-order chi connectivity index (χ1) is 14.6. The summed E-state index contributed by atoms with van der Waals surface area (Å²) in [6, 6.07) is 11.5. The Hall–Kier alpha value is -2.56. The van der Waals surface area contributed by atoms with Crippen LogP contribution < -0.4 is 0 Å². The highest BCUT2D eigenvalue weighted by molar-refractivity contribution is 7.90. The first-order valence-corrected chi connectivity index (χ1v) is 13.1. The molecule has 0 aliphatic carbocycles. The normalized spacial score (nSPS) is 15.0. The molecular weight excluding hydrogens is 442 g/mol. The van der Waals surface area contributed by atoms with Crippen molar-refractivity contribution < 1.29 is 31.2 Å². The maximum Gasteiger partial charge on any atom is 0.338 e. The third kappa shape index (κ3) is 5.99. The minimum atomic E-state index is -3.56. The van der Waals surface area contributed by atoms with Crippen LogP contribution in [0.5, 0.6) is 0 Å². The summed E-state index contributed by atoms with van der Waals surface area (Å²) < 4.78 is 54.1. The topological polar surface area (TPSA) is 115 Å². The minimum absolute atomic E-state index is 0.122. The minimum Gasteiger partial charge on any atom is -0.454 e. The monoisotopic (exact) mass is 465 g/mol. The summed E-state index contributed by atoms with van der Waals surface area (Å²) in [5.74, 6) is -1.32. The van der Waals surface area contributed by atoms with Gasteiger partial charge in [0.2, 0.25) is 10.0 Å². The highest BCUT2D eigenvalue weighted by atomic mass is 32.2. The van der Waals surface area contributed by atoms with Crippen molar-refractivity contribution in [3.05, 3.63) is 65.2 Å². The van der Waals surface area contributed by atoms with E-state index < -0.39 is 38.2 Å². The first-order valence-electron chi connectivity index (χ1n) is 9.63. The second-order valence-corrected chi connectivity index (χ2v) is 11.5. The van der Waals surface area contributed by atoms with Gasteiger partial charge < -0.3 is 4.74 Å². The molecule has 1 aliphatic rings. The number of carbonyl (C=O) groups is 2. The van der Waals surface area contributed by atoms with Gasteiger partial charge in [-0.2, -0.15) is 4.31 Å². The maximum absolute atomic E-state index is 12.5. The van der Waals surface area contributed by atoms with Crippen LogP contribution in [0.25, 0.3) is 0 Å². The molecule has 1 heterocycles. The van der Waals surface area contributed by atoms with E-state index in [1.54, 1.807) is 0 Å². The fourth-order valence-corrected chi connectivity index (χ4v) is 5.54. The number of hydrogen-bond acceptors (Lipinski definition) is 7. The second-order valence-electron chi connectivity index (χ2n) is 7.40. The lowest BCUT2D eigenvalue weighted by atomic mass is 10.1. The molecule has 0 N–H and O–H groups in total. The highest BCUT2D eigenvalue weighted by Gasteiger charge is 2.27. The summed E-state index contributed by atoms with van der Waals surface area (Å²) in [6.07, 6.45) is 2.79. The van der Waals surface area contributed by atoms with E-state index in [0.29, 0.717) is 18.7 Å². The van der Waals surface area contributed by atoms with Gasteiger partial charge in [-0.1, -0.05) is 12.1 Å². The van der Waals surface area contributed by atoms with Crippen LogP contribution in [0.3, 0.4) is 0 Å². The largest absolute Gasteiger partial charge is 0.454 e. The Balaban J connectivity index is 1.58. The van der Waals surface area contributed by atoms with Crippen molar-refractivity contribution in [2.75, 3.05) is 26.0 Å². The molecule has 8 nitrogen and oxygen atoms in total. The molecule has 166 valence electrons. The van der Waals surface area contributed by atoms with Crippen molar-refractivity contribution in [3.8, 4) is 0 Å². The molecule has 31 heavy (non-hydrogen) atoms. The Morgan fingerprint density at radius 3 is 1.97 bits per heavy atom. The standard InChI is InChI=1S/C21H23NO7S2/c1-30(25,26)15-16-4-6-18(7-5-16)21(24)29-14-20(23)17-8-10-19(11-9-17)31(27,28)22-12-2-3-13-22/h4-11H,2-3,12-15H2,1H3. The van der Waals surface area contributed by atoms with E-state index in [1.165, 1.54) is 52.8 Å². The molecule has 10 heteroatoms. The zero-order valence-electron chi connectivity index (χ0n) is 17.0. The number of hydrogen-bond donors (Lipinski definition) is 0. The van der Waals surface area contributed by atoms with Crippen LogP contribution in [0, 0.1) is 0 Å². The zero-order chi connectivity index (χ0) is 22.6. The fourth-order valence-electron chi connectivity index (χ4n) is 3.23. The molecular formula is C21H23NO7S2. The molecule has 0 aromatic heterocycles. The van der Waals surface area contributed by atoms with Gasteiger partial charge in [0, 0.05) is 24.9 Å². The number of benzene rings is 2. The third-order valence-corrected chi connectivity index (χ3v) is 7.60. The average Bonchev–Trinajstić information content (AvgIpc) is 3.27. The number of esters is 1. The molecule has 3 rings (SSSR count). The summed E-state index contributed by atoms with van der Waals surface area (Å²) in [5.41, 5.74) is 0.966. The van der Waals surface area contributed by atoms with E-state index in [2.05, 4.69) is 0 Å². The first kappa shape index (κ1) is 23.1. The number of ketones is 1. The van der Waals surface area contributed by atoms with Crippen molar-refractivity contribution in [1.29, 1.82) is 0 Å². The van der Waals surface area contributed by atoms with E-state index in [1.807, 2.05) is 0 Å². The van der Waals surface area contributed by atoms with Crippen molar-refractivity contribution in [2.45, 2.75) is 23.5 Å². The number of rotatable bonds is 8. The van der Waals surface area contributed by atoms with Crippen LogP contribution >= 0.6 is 0 Å². The van der Waals surface area contributed by atoms with Crippen molar-refractivity contribution >= 4 is 31.6 Å². The van der Waals surface area contributed by atoms with Crippen LogP contribution in [-0.4, -0.2) is 58.8 Å². The summed E-state index contributed by atoms with van der Waals surface area (Å²) in [6.45, 7) is 0.491. The van der Waals surface area contributed by atoms with Crippen molar-refractivity contribution in [3.63, 3.8) is 0 Å². The average molecular weight is 466 g/mol. The Morgan fingerprint density at radius 1 is 0.871 bits per heavy atom. The number of sulfone groups is 1. The Kier molecular flexibility index (Phi) is 6.93. The quantitative estimate of drug-likeness (QED) is 0.433. The van der Waals surface area contributed by atoms with Crippen LogP contribution in [0.2, 0.25) is 0 Å². The maximum atomic E-state index is 12.5. The summed E-state index contributed by atoms with van der Waals surface area (Å²) >= 11 is 0. The van der Waals surface area contributed by atoms with Gasteiger partial charge >= 0.3 is 5.97 Å². The molecule has 1 fully saturated rings. The molecule has 0 saturated carbocycles. The molecule has 0 spiro atoms. The second kappa shape index (κ2) is 9.29. The van der Waals surface area contributed by atoms with E-state index in [9.17, 15) is 26.4 Å². The summed E-state index contributed by atoms with van der Waals surface area (Å²) in [7, 11) is -6.74. The molecule has 0 radical (unpaired) electrons. The SMILES string of the molecule is CS(=O)(=O)Cc1ccc(C(=O)OCC(=O)c2ccc(S(=O)(=O)N3CCCC3)cc2)cc1. The van der Waals surface area contributed by atoms with Crippen LogP contribution in [0.1, 0.15) is 39.1 Å². The van der Waals surface area contributed by atoms with Crippen LogP contribution in [0.15, 0.2) is 53.4 Å². The Morgan fingerprint density at radius 2 is 1.42 bits per heavy atom. The van der Waals surface area contributed by atoms with Crippen molar-refractivity contribution in [2.24, 2.45) is 0 Å². The lowest BCUT2D eigenvalue weighted by molar-refractivity contribution is 0.0474. The van der Waals surface area contributed by atoms with Gasteiger partial charge in [0.05, 0.1) is 16.2 Å². The van der Waals surface area contributed by atoms with Gasteiger partial charge in [-0.25, -0.2) is 21.6 Å². The van der Waals surface area contributed by atoms with Gasteiger partial charge in [-0.3, -0.25) is 4.79 Å². The molecule has 2 aromatic rings. The summed E-state index contributed by atoms with van der Waals surface area (Å²) in [5, 5.41) is 0. The lowest BCUT2D eigenvalue weighted by Gasteiger charge is -2.15. The third-order valence-electron chi connectivity index (χ3n) is 4.83. The van der Waals surface area contributed by atoms with Gasteiger partial charge in [0.1, 0.15) is 0 Å². The van der Waals surface area contributed by atoms with E-state index in [-0.39, 0.29) is 21.8 Å². The van der Waals surface area contributed by atoms with Gasteiger partial charge in [-0.15, -0.1) is 0 Å². The van der Waals surface area contributed by atoms with Gasteiger partial charge in [0.15, 0.2) is 22.2 Å². The molecule has 0 amide bonds. The lowest BCUT2D eigenvalue weighted by Crippen LogP contribution is -2.27. The van der Waals surface area contributed by atoms with Crippen LogP contribution in [-0.2, 0) is 30.4 Å². The predicted octanol–water partition coefficient (Wildman–Crippen LogP) is 2.06.